The molecule has 132 valence electrons. The molecule has 0 aromatic heterocycles. The van der Waals surface area contributed by atoms with Crippen molar-refractivity contribution in [2.75, 3.05) is 0 Å². The Morgan fingerprint density at radius 1 is 0.957 bits per heavy atom. The second-order valence-electron chi connectivity index (χ2n) is 7.06. The molecule has 0 fully saturated rings. The van der Waals surface area contributed by atoms with E-state index in [9.17, 15) is 19.8 Å². The van der Waals surface area contributed by atoms with Crippen LogP contribution in [0.25, 0.3) is 0 Å². The van der Waals surface area contributed by atoms with Crippen molar-refractivity contribution in [2.24, 2.45) is 11.3 Å². The zero-order valence-electron chi connectivity index (χ0n) is 15.8. The molecule has 0 saturated carbocycles. The van der Waals surface area contributed by atoms with Gasteiger partial charge in [-0.05, 0) is 43.4 Å². The van der Waals surface area contributed by atoms with E-state index in [1.165, 1.54) is 6.42 Å². The Morgan fingerprint density at radius 2 is 1.52 bits per heavy atom. The first kappa shape index (κ1) is 28.3. The monoisotopic (exact) mass is 452 g/mol. The molecular formula is C18H34BaO4. The average molecular weight is 452 g/mol. The molecule has 0 N–H and O–H groups in total. The van der Waals surface area contributed by atoms with Crippen LogP contribution in [0.5, 0.6) is 0 Å². The first-order valence-corrected chi connectivity index (χ1v) is 8.54. The Balaban J connectivity index is -0.000000338. The topological polar surface area (TPSA) is 80.3 Å². The first-order chi connectivity index (χ1) is 10.1. The Bertz CT molecular complexity index is 298. The van der Waals surface area contributed by atoms with E-state index in [1.54, 1.807) is 0 Å². The van der Waals surface area contributed by atoms with Gasteiger partial charge in [-0.3, -0.25) is 0 Å². The summed E-state index contributed by atoms with van der Waals surface area (Å²) in [6.07, 6.45) is 7.79. The second-order valence-corrected chi connectivity index (χ2v) is 7.06. The van der Waals surface area contributed by atoms with Crippen molar-refractivity contribution in [3.63, 3.8) is 0 Å². The molecule has 0 bridgehead atoms. The van der Waals surface area contributed by atoms with E-state index in [2.05, 4.69) is 27.7 Å². The van der Waals surface area contributed by atoms with Crippen LogP contribution in [-0.4, -0.2) is 60.8 Å². The van der Waals surface area contributed by atoms with Crippen molar-refractivity contribution in [1.82, 2.24) is 0 Å². The van der Waals surface area contributed by atoms with Gasteiger partial charge in [0.25, 0.3) is 0 Å². The summed E-state index contributed by atoms with van der Waals surface area (Å²) in [6, 6.07) is 0. The fourth-order valence-electron chi connectivity index (χ4n) is 2.04. The van der Waals surface area contributed by atoms with Gasteiger partial charge in [0.05, 0.1) is 0 Å². The molecule has 0 heterocycles. The normalized spacial score (nSPS) is 11.7. The molecule has 0 spiro atoms. The minimum absolute atomic E-state index is 0. The Kier molecular flexibility index (Phi) is 21.3. The quantitative estimate of drug-likeness (QED) is 0.377. The number of aliphatic carboxylic acids is 2. The van der Waals surface area contributed by atoms with E-state index < -0.39 is 11.9 Å². The largest absolute Gasteiger partial charge is 2.00 e. The van der Waals surface area contributed by atoms with Crippen LogP contribution >= 0.6 is 0 Å². The number of carbonyl (C=O) groups is 2. The number of carboxylic acids is 2. The van der Waals surface area contributed by atoms with Crippen LogP contribution in [0.15, 0.2) is 0 Å². The van der Waals surface area contributed by atoms with Crippen LogP contribution in [0.4, 0.5) is 0 Å². The number of unbranched alkanes of at least 4 members (excludes halogenated alkanes) is 3. The molecule has 1 unspecified atom stereocenters. The molecule has 0 aliphatic rings. The van der Waals surface area contributed by atoms with Gasteiger partial charge in [-0.25, -0.2) is 0 Å². The van der Waals surface area contributed by atoms with Gasteiger partial charge in [0.1, 0.15) is 0 Å². The standard InChI is InChI=1S/C10H20O2.C8H16O2.Ba/c1-10(2,3)8-6-4-5-7-9(11)12;1-3-5-6-7(4-2)8(9)10;/h4-8H2,1-3H3,(H,11,12);7H,3-6H2,1-2H3,(H,9,10);/q;;+2/p-2. The van der Waals surface area contributed by atoms with E-state index in [0.717, 1.165) is 38.5 Å². The summed E-state index contributed by atoms with van der Waals surface area (Å²) < 4.78 is 0. The molecule has 0 aromatic rings. The van der Waals surface area contributed by atoms with Crippen LogP contribution in [-0.2, 0) is 9.59 Å². The summed E-state index contributed by atoms with van der Waals surface area (Å²) in [6.45, 7) is 10.5. The van der Waals surface area contributed by atoms with Crippen LogP contribution in [0.1, 0.15) is 92.4 Å². The third-order valence-corrected chi connectivity index (χ3v) is 3.54. The summed E-state index contributed by atoms with van der Waals surface area (Å²) in [7, 11) is 0. The van der Waals surface area contributed by atoms with Crippen molar-refractivity contribution < 1.29 is 19.8 Å². The van der Waals surface area contributed by atoms with Gasteiger partial charge in [0, 0.05) is 11.9 Å². The summed E-state index contributed by atoms with van der Waals surface area (Å²) in [5, 5.41) is 20.4. The van der Waals surface area contributed by atoms with Gasteiger partial charge in [0.15, 0.2) is 0 Å². The maximum atomic E-state index is 10.3. The molecule has 0 aromatic carbocycles. The van der Waals surface area contributed by atoms with Gasteiger partial charge in [-0.15, -0.1) is 0 Å². The van der Waals surface area contributed by atoms with Crippen molar-refractivity contribution in [3.05, 3.63) is 0 Å². The molecule has 0 aliphatic carbocycles. The van der Waals surface area contributed by atoms with E-state index in [1.807, 2.05) is 6.92 Å². The number of hydrogen-bond acceptors (Lipinski definition) is 4. The molecule has 0 aliphatic heterocycles. The first-order valence-electron chi connectivity index (χ1n) is 8.54. The number of hydrogen-bond donors (Lipinski definition) is 0. The van der Waals surface area contributed by atoms with E-state index in [-0.39, 0.29) is 61.2 Å². The maximum absolute atomic E-state index is 10.3. The predicted molar refractivity (Wildman–Crippen MR) is 91.6 cm³/mol. The van der Waals surface area contributed by atoms with Crippen LogP contribution < -0.4 is 10.2 Å². The van der Waals surface area contributed by atoms with Gasteiger partial charge in [-0.1, -0.05) is 60.3 Å². The fourth-order valence-corrected chi connectivity index (χ4v) is 2.04. The van der Waals surface area contributed by atoms with E-state index in [0.29, 0.717) is 11.8 Å². The predicted octanol–water partition coefficient (Wildman–Crippen LogP) is 2.30. The van der Waals surface area contributed by atoms with Gasteiger partial charge < -0.3 is 19.8 Å². The SMILES string of the molecule is CC(C)(C)CCCCCC(=O)[O-].CCCCC(CC)C(=O)[O-].[Ba+2]. The Hall–Kier alpha value is 0.511. The molecule has 5 heteroatoms. The second kappa shape index (κ2) is 17.3. The molecule has 0 saturated heterocycles. The average Bonchev–Trinajstić information content (AvgIpc) is 2.38. The summed E-state index contributed by atoms with van der Waals surface area (Å²) in [4.78, 5) is 20.4. The fraction of sp³-hybridized carbons (Fsp3) is 0.889. The third kappa shape index (κ3) is 24.9. The minimum Gasteiger partial charge on any atom is -0.550 e. The number of carboxylic acid groups (broad SMARTS) is 2. The third-order valence-electron chi connectivity index (χ3n) is 3.54. The smallest absolute Gasteiger partial charge is 0.550 e. The van der Waals surface area contributed by atoms with E-state index in [4.69, 9.17) is 0 Å². The zero-order chi connectivity index (χ0) is 17.6. The van der Waals surface area contributed by atoms with Crippen molar-refractivity contribution in [1.29, 1.82) is 0 Å². The van der Waals surface area contributed by atoms with Crippen molar-refractivity contribution in [3.8, 4) is 0 Å². The van der Waals surface area contributed by atoms with Crippen LogP contribution in [0.3, 0.4) is 0 Å². The van der Waals surface area contributed by atoms with Crippen LogP contribution in [0.2, 0.25) is 0 Å². The molecule has 0 amide bonds. The van der Waals surface area contributed by atoms with E-state index >= 15 is 0 Å². The van der Waals surface area contributed by atoms with Crippen molar-refractivity contribution >= 4 is 60.8 Å². The number of rotatable bonds is 10. The zero-order valence-corrected chi connectivity index (χ0v) is 20.2. The number of carbonyl (C=O) groups excluding carboxylic acids is 2. The molecule has 4 nitrogen and oxygen atoms in total. The molecule has 23 heavy (non-hydrogen) atoms. The molecule has 0 radical (unpaired) electrons. The molecular weight excluding hydrogens is 418 g/mol. The summed E-state index contributed by atoms with van der Waals surface area (Å²) in [5.74, 6) is -2.04. The molecule has 1 atom stereocenters. The van der Waals surface area contributed by atoms with Gasteiger partial charge in [0.2, 0.25) is 0 Å². The Morgan fingerprint density at radius 3 is 1.87 bits per heavy atom. The summed E-state index contributed by atoms with van der Waals surface area (Å²) in [5.41, 5.74) is 0.376. The maximum Gasteiger partial charge on any atom is 2.00 e. The molecule has 0 rings (SSSR count). The summed E-state index contributed by atoms with van der Waals surface area (Å²) >= 11 is 0. The Labute approximate surface area is 182 Å². The van der Waals surface area contributed by atoms with Crippen molar-refractivity contribution in [2.45, 2.75) is 92.4 Å². The van der Waals surface area contributed by atoms with Gasteiger partial charge in [-0.2, -0.15) is 0 Å². The van der Waals surface area contributed by atoms with Gasteiger partial charge >= 0.3 is 48.9 Å². The van der Waals surface area contributed by atoms with Crippen LogP contribution in [0, 0.1) is 11.3 Å². The minimum atomic E-state index is -0.925.